The maximum absolute atomic E-state index is 9.46. The minimum atomic E-state index is 0.141. The van der Waals surface area contributed by atoms with E-state index in [4.69, 9.17) is 5.73 Å². The number of nitrogens with one attached hydrogen (secondary N) is 1. The molecule has 14 heavy (non-hydrogen) atoms. The molecule has 3 nitrogen and oxygen atoms in total. The van der Waals surface area contributed by atoms with E-state index in [2.05, 4.69) is 12.2 Å². The van der Waals surface area contributed by atoms with Gasteiger partial charge in [0.2, 0.25) is 0 Å². The molecule has 4 N–H and O–H groups in total. The predicted molar refractivity (Wildman–Crippen MR) is 59.1 cm³/mol. The summed E-state index contributed by atoms with van der Waals surface area (Å²) in [4.78, 5) is 0. The summed E-state index contributed by atoms with van der Waals surface area (Å²) in [6.07, 6.45) is 6.17. The zero-order chi connectivity index (χ0) is 10.4. The highest BCUT2D eigenvalue weighted by molar-refractivity contribution is 4.85. The van der Waals surface area contributed by atoms with Crippen LogP contribution in [0.3, 0.4) is 0 Å². The fraction of sp³-hybridized carbons (Fsp3) is 1.00. The summed E-state index contributed by atoms with van der Waals surface area (Å²) in [5.41, 5.74) is 5.69. The summed E-state index contributed by atoms with van der Waals surface area (Å²) in [6.45, 7) is 3.99. The molecule has 0 saturated heterocycles. The minimum absolute atomic E-state index is 0.141. The first kappa shape index (κ1) is 12.0. The standard InChI is InChI=1S/C11H24N2O/c1-10(7-12)13-8-11(9-14)5-3-2-4-6-11/h10,13-14H,2-9,12H2,1H3. The Labute approximate surface area is 87.1 Å². The highest BCUT2D eigenvalue weighted by Gasteiger charge is 2.31. The van der Waals surface area contributed by atoms with Crippen molar-refractivity contribution in [2.24, 2.45) is 11.1 Å². The van der Waals surface area contributed by atoms with Gasteiger partial charge in [-0.05, 0) is 19.8 Å². The van der Waals surface area contributed by atoms with Crippen molar-refractivity contribution in [2.45, 2.75) is 45.1 Å². The molecule has 0 aromatic rings. The molecule has 0 radical (unpaired) electrons. The number of aliphatic hydroxyl groups is 1. The SMILES string of the molecule is CC(CN)NCC1(CO)CCCCC1. The van der Waals surface area contributed by atoms with Gasteiger partial charge in [0.1, 0.15) is 0 Å². The third-order valence-corrected chi connectivity index (χ3v) is 3.43. The molecule has 84 valence electrons. The van der Waals surface area contributed by atoms with Crippen molar-refractivity contribution in [3.05, 3.63) is 0 Å². The van der Waals surface area contributed by atoms with Crippen molar-refractivity contribution in [3.8, 4) is 0 Å². The summed E-state index contributed by atoms with van der Waals surface area (Å²) in [7, 11) is 0. The zero-order valence-electron chi connectivity index (χ0n) is 9.26. The second kappa shape index (κ2) is 5.69. The molecule has 0 aliphatic heterocycles. The molecule has 0 bridgehead atoms. The highest BCUT2D eigenvalue weighted by atomic mass is 16.3. The van der Waals surface area contributed by atoms with Crippen LogP contribution in [0.1, 0.15) is 39.0 Å². The second-order valence-corrected chi connectivity index (χ2v) is 4.74. The number of aliphatic hydroxyl groups excluding tert-OH is 1. The zero-order valence-corrected chi connectivity index (χ0v) is 9.26. The van der Waals surface area contributed by atoms with Gasteiger partial charge in [-0.3, -0.25) is 0 Å². The Balaban J connectivity index is 2.36. The average molecular weight is 200 g/mol. The van der Waals surface area contributed by atoms with E-state index >= 15 is 0 Å². The molecule has 0 heterocycles. The summed E-state index contributed by atoms with van der Waals surface area (Å²) >= 11 is 0. The Hall–Kier alpha value is -0.120. The molecule has 1 aliphatic carbocycles. The van der Waals surface area contributed by atoms with E-state index < -0.39 is 0 Å². The predicted octanol–water partition coefficient (Wildman–Crippen LogP) is 0.866. The Morgan fingerprint density at radius 2 is 2.00 bits per heavy atom. The molecule has 0 amide bonds. The molecule has 0 spiro atoms. The Morgan fingerprint density at radius 3 is 2.50 bits per heavy atom. The van der Waals surface area contributed by atoms with E-state index in [1.165, 1.54) is 19.3 Å². The van der Waals surface area contributed by atoms with Gasteiger partial charge in [-0.15, -0.1) is 0 Å². The van der Waals surface area contributed by atoms with Crippen molar-refractivity contribution in [3.63, 3.8) is 0 Å². The van der Waals surface area contributed by atoms with Crippen LogP contribution >= 0.6 is 0 Å². The van der Waals surface area contributed by atoms with Gasteiger partial charge >= 0.3 is 0 Å². The van der Waals surface area contributed by atoms with Crippen LogP contribution < -0.4 is 11.1 Å². The van der Waals surface area contributed by atoms with Crippen LogP contribution in [-0.4, -0.2) is 30.8 Å². The molecule has 0 aromatic heterocycles. The van der Waals surface area contributed by atoms with Crippen molar-refractivity contribution in [1.29, 1.82) is 0 Å². The monoisotopic (exact) mass is 200 g/mol. The normalized spacial score (nSPS) is 23.4. The van der Waals surface area contributed by atoms with Gasteiger partial charge in [0.15, 0.2) is 0 Å². The molecule has 3 heteroatoms. The van der Waals surface area contributed by atoms with Crippen LogP contribution in [0.5, 0.6) is 0 Å². The fourth-order valence-electron chi connectivity index (χ4n) is 2.17. The number of rotatable bonds is 5. The summed E-state index contributed by atoms with van der Waals surface area (Å²) in [6, 6.07) is 0.361. The van der Waals surface area contributed by atoms with Crippen molar-refractivity contribution in [2.75, 3.05) is 19.7 Å². The third-order valence-electron chi connectivity index (χ3n) is 3.43. The number of hydrogen-bond donors (Lipinski definition) is 3. The van der Waals surface area contributed by atoms with Gasteiger partial charge in [-0.25, -0.2) is 0 Å². The van der Waals surface area contributed by atoms with Crippen LogP contribution in [0.25, 0.3) is 0 Å². The molecular weight excluding hydrogens is 176 g/mol. The molecular formula is C11H24N2O. The third kappa shape index (κ3) is 3.23. The van der Waals surface area contributed by atoms with Crippen LogP contribution in [0.15, 0.2) is 0 Å². The lowest BCUT2D eigenvalue weighted by Crippen LogP contribution is -2.44. The number of nitrogens with two attached hydrogens (primary N) is 1. The van der Waals surface area contributed by atoms with Gasteiger partial charge in [0.25, 0.3) is 0 Å². The topological polar surface area (TPSA) is 58.3 Å². The van der Waals surface area contributed by atoms with Crippen LogP contribution in [-0.2, 0) is 0 Å². The van der Waals surface area contributed by atoms with Crippen molar-refractivity contribution < 1.29 is 5.11 Å². The molecule has 1 atom stereocenters. The van der Waals surface area contributed by atoms with E-state index in [0.29, 0.717) is 19.2 Å². The van der Waals surface area contributed by atoms with Crippen molar-refractivity contribution in [1.82, 2.24) is 5.32 Å². The Morgan fingerprint density at radius 1 is 1.36 bits per heavy atom. The first-order valence-electron chi connectivity index (χ1n) is 5.77. The molecule has 1 saturated carbocycles. The van der Waals surface area contributed by atoms with Gasteiger partial charge in [0, 0.05) is 31.2 Å². The Kier molecular flexibility index (Phi) is 4.85. The van der Waals surface area contributed by atoms with Gasteiger partial charge in [0.05, 0.1) is 0 Å². The maximum Gasteiger partial charge on any atom is 0.0499 e. The smallest absolute Gasteiger partial charge is 0.0499 e. The first-order valence-corrected chi connectivity index (χ1v) is 5.77. The molecule has 0 aromatic carbocycles. The summed E-state index contributed by atoms with van der Waals surface area (Å²) < 4.78 is 0. The van der Waals surface area contributed by atoms with Gasteiger partial charge in [-0.1, -0.05) is 19.3 Å². The average Bonchev–Trinajstić information content (AvgIpc) is 2.27. The maximum atomic E-state index is 9.46. The molecule has 1 fully saturated rings. The lowest BCUT2D eigenvalue weighted by atomic mass is 9.74. The van der Waals surface area contributed by atoms with Gasteiger partial charge in [-0.2, -0.15) is 0 Å². The lowest BCUT2D eigenvalue weighted by Gasteiger charge is -2.36. The minimum Gasteiger partial charge on any atom is -0.396 e. The van der Waals surface area contributed by atoms with E-state index in [-0.39, 0.29) is 5.41 Å². The quantitative estimate of drug-likeness (QED) is 0.617. The molecule has 1 rings (SSSR count). The van der Waals surface area contributed by atoms with E-state index in [1.54, 1.807) is 0 Å². The van der Waals surface area contributed by atoms with E-state index in [1.807, 2.05) is 0 Å². The summed E-state index contributed by atoms with van der Waals surface area (Å²) in [5, 5.41) is 12.9. The second-order valence-electron chi connectivity index (χ2n) is 4.74. The van der Waals surface area contributed by atoms with Crippen LogP contribution in [0.4, 0.5) is 0 Å². The Bertz CT molecular complexity index is 155. The molecule has 1 unspecified atom stereocenters. The van der Waals surface area contributed by atoms with E-state index in [9.17, 15) is 5.11 Å². The summed E-state index contributed by atoms with van der Waals surface area (Å²) in [5.74, 6) is 0. The number of hydrogen-bond acceptors (Lipinski definition) is 3. The lowest BCUT2D eigenvalue weighted by molar-refractivity contribution is 0.0791. The highest BCUT2D eigenvalue weighted by Crippen LogP contribution is 2.35. The van der Waals surface area contributed by atoms with Gasteiger partial charge < -0.3 is 16.2 Å². The fourth-order valence-corrected chi connectivity index (χ4v) is 2.17. The van der Waals surface area contributed by atoms with Crippen LogP contribution in [0, 0.1) is 5.41 Å². The van der Waals surface area contributed by atoms with Crippen molar-refractivity contribution >= 4 is 0 Å². The van der Waals surface area contributed by atoms with E-state index in [0.717, 1.165) is 19.4 Å². The first-order chi connectivity index (χ1) is 6.72. The van der Waals surface area contributed by atoms with Crippen LogP contribution in [0.2, 0.25) is 0 Å². The molecule has 1 aliphatic rings. The largest absolute Gasteiger partial charge is 0.396 e.